The highest BCUT2D eigenvalue weighted by molar-refractivity contribution is 6.38. The molecule has 2 aromatic carbocycles. The molecule has 6 N–H and O–H groups in total. The smallest absolute Gasteiger partial charge is 0.407 e. The molecule has 6 amide bonds. The highest BCUT2D eigenvalue weighted by atomic mass is 16.5. The summed E-state index contributed by atoms with van der Waals surface area (Å²) in [5.41, 5.74) is 6.87. The Balaban J connectivity index is 1.49. The standard InChI is InChI=1S/C40H54N6O8/c1-4-14-30(35(48)38(51)42-22-32(47)44-33(36(41)49)27-17-10-6-11-18-27)43-37(50)31-21-29(26-15-8-5-9-16-26)23-46(31)39(52)34(28-19-12-7-13-20-28)45-40(53)54-24-25(2)3/h5-6,8-11,15-18,25,28-31,33-34H,4,7,12-14,19-24H2,1-3H3,(H2,41,49)(H,42,51)(H,43,50)(H,44,47)(H,45,53)/t29-,30?,31+,33+,34+/m1/s1. The first kappa shape index (κ1) is 41.5. The summed E-state index contributed by atoms with van der Waals surface area (Å²) in [5, 5.41) is 10.3. The number of carbonyl (C=O) groups is 7. The van der Waals surface area contributed by atoms with Gasteiger partial charge in [0.2, 0.25) is 29.4 Å². The van der Waals surface area contributed by atoms with Crippen molar-refractivity contribution in [2.75, 3.05) is 19.7 Å². The van der Waals surface area contributed by atoms with Crippen LogP contribution in [0.5, 0.6) is 0 Å². The van der Waals surface area contributed by atoms with Crippen LogP contribution in [0.25, 0.3) is 0 Å². The number of nitrogens with one attached hydrogen (secondary N) is 4. The summed E-state index contributed by atoms with van der Waals surface area (Å²) in [6.07, 6.45) is 4.48. The molecule has 1 saturated carbocycles. The number of nitrogens with two attached hydrogens (primary N) is 1. The Hall–Kier alpha value is -5.27. The lowest BCUT2D eigenvalue weighted by Crippen LogP contribution is -2.58. The molecule has 1 aliphatic carbocycles. The second-order valence-corrected chi connectivity index (χ2v) is 14.6. The van der Waals surface area contributed by atoms with Crippen molar-refractivity contribution in [3.8, 4) is 0 Å². The first-order valence-electron chi connectivity index (χ1n) is 18.9. The van der Waals surface area contributed by atoms with Gasteiger partial charge in [-0.2, -0.15) is 0 Å². The molecule has 2 fully saturated rings. The molecule has 4 rings (SSSR count). The number of ether oxygens (including phenoxy) is 1. The highest BCUT2D eigenvalue weighted by Crippen LogP contribution is 2.35. The molecule has 1 saturated heterocycles. The second-order valence-electron chi connectivity index (χ2n) is 14.6. The van der Waals surface area contributed by atoms with Gasteiger partial charge in [-0.1, -0.05) is 107 Å². The number of hydrogen-bond donors (Lipinski definition) is 5. The second kappa shape index (κ2) is 20.3. The van der Waals surface area contributed by atoms with Crippen molar-refractivity contribution >= 4 is 41.4 Å². The molecule has 1 heterocycles. The number of primary amides is 1. The largest absolute Gasteiger partial charge is 0.449 e. The number of benzene rings is 2. The van der Waals surface area contributed by atoms with Crippen LogP contribution < -0.4 is 27.0 Å². The van der Waals surface area contributed by atoms with Gasteiger partial charge in [-0.15, -0.1) is 0 Å². The van der Waals surface area contributed by atoms with Crippen molar-refractivity contribution in [1.29, 1.82) is 0 Å². The third kappa shape index (κ3) is 11.6. The molecular formula is C40H54N6O8. The van der Waals surface area contributed by atoms with Crippen LogP contribution in [0.3, 0.4) is 0 Å². The number of hydrogen-bond acceptors (Lipinski definition) is 8. The molecule has 0 spiro atoms. The van der Waals surface area contributed by atoms with Gasteiger partial charge in [-0.25, -0.2) is 4.79 Å². The fourth-order valence-electron chi connectivity index (χ4n) is 7.14. The molecular weight excluding hydrogens is 692 g/mol. The van der Waals surface area contributed by atoms with Gasteiger partial charge in [-0.05, 0) is 48.6 Å². The van der Waals surface area contributed by atoms with Crippen LogP contribution in [-0.4, -0.2) is 84.1 Å². The fourth-order valence-corrected chi connectivity index (χ4v) is 7.14. The number of alkyl carbamates (subject to hydrolysis) is 1. The number of likely N-dealkylation sites (tertiary alicyclic amines) is 1. The van der Waals surface area contributed by atoms with E-state index in [2.05, 4.69) is 21.3 Å². The molecule has 2 aromatic rings. The van der Waals surface area contributed by atoms with Crippen LogP contribution in [0.2, 0.25) is 0 Å². The Kier molecular flexibility index (Phi) is 15.6. The predicted molar refractivity (Wildman–Crippen MR) is 200 cm³/mol. The third-order valence-electron chi connectivity index (χ3n) is 9.93. The van der Waals surface area contributed by atoms with Crippen molar-refractivity contribution in [2.45, 2.75) is 102 Å². The third-order valence-corrected chi connectivity index (χ3v) is 9.93. The maximum atomic E-state index is 14.5. The van der Waals surface area contributed by atoms with Gasteiger partial charge in [0.15, 0.2) is 0 Å². The summed E-state index contributed by atoms with van der Waals surface area (Å²) >= 11 is 0. The van der Waals surface area contributed by atoms with E-state index in [0.717, 1.165) is 37.7 Å². The number of carbonyl (C=O) groups excluding carboxylic acids is 7. The summed E-state index contributed by atoms with van der Waals surface area (Å²) in [6.45, 7) is 5.41. The van der Waals surface area contributed by atoms with E-state index in [4.69, 9.17) is 10.5 Å². The van der Waals surface area contributed by atoms with Crippen LogP contribution in [0, 0.1) is 11.8 Å². The zero-order chi connectivity index (χ0) is 39.2. The van der Waals surface area contributed by atoms with E-state index in [9.17, 15) is 33.6 Å². The summed E-state index contributed by atoms with van der Waals surface area (Å²) in [6, 6.07) is 13.6. The molecule has 292 valence electrons. The number of amides is 6. The van der Waals surface area contributed by atoms with Crippen molar-refractivity contribution in [3.05, 3.63) is 71.8 Å². The zero-order valence-corrected chi connectivity index (χ0v) is 31.4. The highest BCUT2D eigenvalue weighted by Gasteiger charge is 2.45. The van der Waals surface area contributed by atoms with E-state index >= 15 is 0 Å². The number of ketones is 1. The van der Waals surface area contributed by atoms with Crippen molar-refractivity contribution in [1.82, 2.24) is 26.2 Å². The minimum Gasteiger partial charge on any atom is -0.449 e. The lowest BCUT2D eigenvalue weighted by molar-refractivity contribution is -0.143. The summed E-state index contributed by atoms with van der Waals surface area (Å²) < 4.78 is 5.39. The van der Waals surface area contributed by atoms with Crippen LogP contribution >= 0.6 is 0 Å². The first-order valence-corrected chi connectivity index (χ1v) is 18.9. The molecule has 1 aliphatic heterocycles. The normalized spacial score (nSPS) is 18.9. The molecule has 14 nitrogen and oxygen atoms in total. The Morgan fingerprint density at radius 1 is 0.870 bits per heavy atom. The molecule has 14 heteroatoms. The van der Waals surface area contributed by atoms with E-state index in [1.165, 1.54) is 4.90 Å². The van der Waals surface area contributed by atoms with Gasteiger partial charge < -0.3 is 36.6 Å². The van der Waals surface area contributed by atoms with Gasteiger partial charge in [-0.3, -0.25) is 28.8 Å². The SMILES string of the molecule is CCCC(NC(=O)[C@@H]1C[C@@H](c2ccccc2)CN1C(=O)[C@@H](NC(=O)OCC(C)C)C1CCCCC1)C(=O)C(=O)NCC(=O)N[C@H](C(N)=O)c1ccccc1. The molecule has 0 bridgehead atoms. The summed E-state index contributed by atoms with van der Waals surface area (Å²) in [4.78, 5) is 94.2. The quantitative estimate of drug-likeness (QED) is 0.152. The van der Waals surface area contributed by atoms with Crippen LogP contribution in [0.4, 0.5) is 4.79 Å². The van der Waals surface area contributed by atoms with Crippen molar-refractivity contribution < 1.29 is 38.3 Å². The molecule has 0 aromatic heterocycles. The molecule has 54 heavy (non-hydrogen) atoms. The Morgan fingerprint density at radius 3 is 2.13 bits per heavy atom. The summed E-state index contributed by atoms with van der Waals surface area (Å²) in [7, 11) is 0. The fraction of sp³-hybridized carbons (Fsp3) is 0.525. The van der Waals surface area contributed by atoms with E-state index in [1.54, 1.807) is 37.3 Å². The van der Waals surface area contributed by atoms with Gasteiger partial charge in [0.1, 0.15) is 18.1 Å². The molecule has 5 atom stereocenters. The lowest BCUT2D eigenvalue weighted by Gasteiger charge is -2.34. The van der Waals surface area contributed by atoms with E-state index < -0.39 is 72.1 Å². The van der Waals surface area contributed by atoms with Gasteiger partial charge in [0.25, 0.3) is 5.91 Å². The topological polar surface area (TPSA) is 206 Å². The van der Waals surface area contributed by atoms with E-state index in [0.29, 0.717) is 12.0 Å². The molecule has 0 radical (unpaired) electrons. The average Bonchev–Trinajstić information content (AvgIpc) is 3.63. The minimum atomic E-state index is -1.24. The van der Waals surface area contributed by atoms with Crippen LogP contribution in [-0.2, 0) is 33.5 Å². The Morgan fingerprint density at radius 2 is 1.52 bits per heavy atom. The Labute approximate surface area is 316 Å². The van der Waals surface area contributed by atoms with Gasteiger partial charge in [0.05, 0.1) is 19.2 Å². The van der Waals surface area contributed by atoms with Gasteiger partial charge in [0, 0.05) is 12.5 Å². The maximum absolute atomic E-state index is 14.5. The lowest BCUT2D eigenvalue weighted by atomic mass is 9.83. The average molecular weight is 747 g/mol. The van der Waals surface area contributed by atoms with Gasteiger partial charge >= 0.3 is 6.09 Å². The zero-order valence-electron chi connectivity index (χ0n) is 31.4. The monoisotopic (exact) mass is 746 g/mol. The van der Waals surface area contributed by atoms with E-state index in [1.807, 2.05) is 44.2 Å². The first-order chi connectivity index (χ1) is 25.9. The molecule has 2 aliphatic rings. The number of rotatable bonds is 17. The predicted octanol–water partition coefficient (Wildman–Crippen LogP) is 3.02. The van der Waals surface area contributed by atoms with Crippen molar-refractivity contribution in [3.63, 3.8) is 0 Å². The van der Waals surface area contributed by atoms with Crippen LogP contribution in [0.1, 0.15) is 95.2 Å². The van der Waals surface area contributed by atoms with Crippen molar-refractivity contribution in [2.24, 2.45) is 17.6 Å². The van der Waals surface area contributed by atoms with Crippen LogP contribution in [0.15, 0.2) is 60.7 Å². The maximum Gasteiger partial charge on any atom is 0.407 e. The number of nitrogens with zero attached hydrogens (tertiary/aromatic N) is 1. The Bertz CT molecular complexity index is 1610. The molecule has 1 unspecified atom stereocenters. The minimum absolute atomic E-state index is 0.102. The summed E-state index contributed by atoms with van der Waals surface area (Å²) in [5.74, 6) is -4.84. The van der Waals surface area contributed by atoms with E-state index in [-0.39, 0.29) is 43.7 Å². The number of Topliss-reactive ketones (excluding diaryl/α,β-unsaturated/α-hetero) is 1.